The maximum Gasteiger partial charge on any atom is 0.326 e. The lowest BCUT2D eigenvalue weighted by atomic mass is 10.0. The van der Waals surface area contributed by atoms with Crippen LogP contribution in [0, 0.1) is 5.92 Å². The fourth-order valence-corrected chi connectivity index (χ4v) is 4.93. The lowest BCUT2D eigenvalue weighted by Crippen LogP contribution is -2.57. The summed E-state index contributed by atoms with van der Waals surface area (Å²) in [5.41, 5.74) is 13.7. The molecule has 2 aromatic rings. The van der Waals surface area contributed by atoms with Gasteiger partial charge in [-0.25, -0.2) is 4.79 Å². The molecule has 0 radical (unpaired) electrons. The highest BCUT2D eigenvalue weighted by Gasteiger charge is 2.39. The van der Waals surface area contributed by atoms with Crippen LogP contribution in [0.4, 0.5) is 0 Å². The van der Waals surface area contributed by atoms with Crippen LogP contribution in [0.15, 0.2) is 30.5 Å². The van der Waals surface area contributed by atoms with Crippen molar-refractivity contribution in [1.82, 2.24) is 20.5 Å². The molecule has 1 fully saturated rings. The van der Waals surface area contributed by atoms with E-state index in [1.807, 2.05) is 30.5 Å². The predicted octanol–water partition coefficient (Wildman–Crippen LogP) is 0.868. The van der Waals surface area contributed by atoms with Gasteiger partial charge in [-0.15, -0.1) is 0 Å². The summed E-state index contributed by atoms with van der Waals surface area (Å²) in [5.74, 6) is -2.76. The molecule has 1 saturated heterocycles. The van der Waals surface area contributed by atoms with Crippen molar-refractivity contribution in [2.45, 2.75) is 76.5 Å². The van der Waals surface area contributed by atoms with Gasteiger partial charge < -0.3 is 37.1 Å². The van der Waals surface area contributed by atoms with Gasteiger partial charge in [0.15, 0.2) is 0 Å². The third-order valence-electron chi connectivity index (χ3n) is 7.08. The van der Waals surface area contributed by atoms with Gasteiger partial charge in [-0.1, -0.05) is 32.0 Å². The second-order valence-corrected chi connectivity index (χ2v) is 10.3. The van der Waals surface area contributed by atoms with Crippen LogP contribution in [0.1, 0.15) is 51.5 Å². The van der Waals surface area contributed by atoms with Crippen molar-refractivity contribution in [2.75, 3.05) is 13.1 Å². The first-order valence-electron chi connectivity index (χ1n) is 13.3. The standard InChI is InChI=1S/C27H40N6O5/c1-16(2)23(27(37)38)32-25(35)22-11-7-13-33(22)26(36)21(10-5-6-12-28)31-24(34)19(29)14-17-15-30-20-9-4-3-8-18(17)20/h3-4,8-9,15-16,19,21-23,30H,5-7,10-14,28-29H2,1-2H3,(H,31,34)(H,32,35)(H,37,38). The third kappa shape index (κ3) is 7.11. The zero-order valence-corrected chi connectivity index (χ0v) is 22.1. The Bertz CT molecular complexity index is 1130. The third-order valence-corrected chi connectivity index (χ3v) is 7.08. The van der Waals surface area contributed by atoms with Crippen LogP contribution in [0.5, 0.6) is 0 Å². The number of fused-ring (bicyclic) bond motifs is 1. The molecule has 1 aliphatic heterocycles. The van der Waals surface area contributed by atoms with Gasteiger partial charge in [0.25, 0.3) is 0 Å². The molecule has 1 aliphatic rings. The molecule has 11 heteroatoms. The van der Waals surface area contributed by atoms with Gasteiger partial charge in [-0.2, -0.15) is 0 Å². The summed E-state index contributed by atoms with van der Waals surface area (Å²) in [6.07, 6.45) is 4.80. The predicted molar refractivity (Wildman–Crippen MR) is 144 cm³/mol. The number of para-hydroxylation sites is 1. The van der Waals surface area contributed by atoms with Crippen LogP contribution in [0.25, 0.3) is 10.9 Å². The summed E-state index contributed by atoms with van der Waals surface area (Å²) in [6.45, 7) is 4.22. The average molecular weight is 529 g/mol. The molecule has 4 atom stereocenters. The number of hydrogen-bond donors (Lipinski definition) is 6. The van der Waals surface area contributed by atoms with Gasteiger partial charge >= 0.3 is 5.97 Å². The molecule has 2 heterocycles. The largest absolute Gasteiger partial charge is 0.480 e. The molecule has 4 unspecified atom stereocenters. The molecule has 3 rings (SSSR count). The minimum Gasteiger partial charge on any atom is -0.480 e. The number of nitrogens with zero attached hydrogens (tertiary/aromatic N) is 1. The SMILES string of the molecule is CC(C)C(NC(=O)C1CCCN1C(=O)C(CCCCN)NC(=O)C(N)Cc1c[nH]c2ccccc12)C(=O)O. The lowest BCUT2D eigenvalue weighted by Gasteiger charge is -2.30. The second kappa shape index (κ2) is 13.4. The number of carboxylic acids is 1. The quantitative estimate of drug-likeness (QED) is 0.208. The van der Waals surface area contributed by atoms with E-state index >= 15 is 0 Å². The monoisotopic (exact) mass is 528 g/mol. The molecule has 0 bridgehead atoms. The molecule has 0 spiro atoms. The molecular weight excluding hydrogens is 488 g/mol. The molecule has 8 N–H and O–H groups in total. The first-order chi connectivity index (χ1) is 18.1. The summed E-state index contributed by atoms with van der Waals surface area (Å²) in [7, 11) is 0. The van der Waals surface area contributed by atoms with Crippen LogP contribution >= 0.6 is 0 Å². The van der Waals surface area contributed by atoms with Crippen molar-refractivity contribution in [3.8, 4) is 0 Å². The number of aromatic amines is 1. The number of carboxylic acid groups (broad SMARTS) is 1. The van der Waals surface area contributed by atoms with Gasteiger partial charge in [0, 0.05) is 23.6 Å². The molecule has 208 valence electrons. The Morgan fingerprint density at radius 3 is 2.58 bits per heavy atom. The summed E-state index contributed by atoms with van der Waals surface area (Å²) in [6, 6.07) is 4.15. The first-order valence-corrected chi connectivity index (χ1v) is 13.3. The molecular formula is C27H40N6O5. The van der Waals surface area contributed by atoms with Crippen molar-refractivity contribution >= 4 is 34.6 Å². The van der Waals surface area contributed by atoms with Gasteiger partial charge in [-0.3, -0.25) is 14.4 Å². The van der Waals surface area contributed by atoms with E-state index in [0.717, 1.165) is 16.5 Å². The van der Waals surface area contributed by atoms with Crippen LogP contribution < -0.4 is 22.1 Å². The Hall–Kier alpha value is -3.44. The zero-order chi connectivity index (χ0) is 27.8. The number of rotatable bonds is 13. The highest BCUT2D eigenvalue weighted by molar-refractivity contribution is 5.95. The van der Waals surface area contributed by atoms with E-state index in [0.29, 0.717) is 51.6 Å². The molecule has 38 heavy (non-hydrogen) atoms. The Kier molecular flexibility index (Phi) is 10.3. The molecule has 1 aromatic carbocycles. The number of hydrogen-bond acceptors (Lipinski definition) is 6. The minimum absolute atomic E-state index is 0.292. The molecule has 1 aromatic heterocycles. The number of nitrogens with one attached hydrogen (secondary N) is 3. The van der Waals surface area contributed by atoms with Crippen molar-refractivity contribution in [2.24, 2.45) is 17.4 Å². The zero-order valence-electron chi connectivity index (χ0n) is 22.1. The van der Waals surface area contributed by atoms with Gasteiger partial charge in [0.05, 0.1) is 6.04 Å². The molecule has 3 amide bonds. The topological polar surface area (TPSA) is 184 Å². The van der Waals surface area contributed by atoms with E-state index in [1.54, 1.807) is 13.8 Å². The van der Waals surface area contributed by atoms with E-state index < -0.39 is 42.0 Å². The number of carbonyl (C=O) groups is 4. The summed E-state index contributed by atoms with van der Waals surface area (Å²) < 4.78 is 0. The second-order valence-electron chi connectivity index (χ2n) is 10.3. The van der Waals surface area contributed by atoms with Crippen molar-refractivity contribution in [3.05, 3.63) is 36.0 Å². The highest BCUT2D eigenvalue weighted by atomic mass is 16.4. The lowest BCUT2D eigenvalue weighted by molar-refractivity contribution is -0.145. The number of carbonyl (C=O) groups excluding carboxylic acids is 3. The van der Waals surface area contributed by atoms with Crippen LogP contribution in [0.2, 0.25) is 0 Å². The van der Waals surface area contributed by atoms with Crippen LogP contribution in [-0.4, -0.2) is 75.9 Å². The van der Waals surface area contributed by atoms with E-state index in [-0.39, 0.29) is 11.8 Å². The number of likely N-dealkylation sites (tertiary alicyclic amines) is 1. The number of H-pyrrole nitrogens is 1. The number of unbranched alkanes of at least 4 members (excludes halogenated alkanes) is 1. The van der Waals surface area contributed by atoms with Crippen LogP contribution in [0.3, 0.4) is 0 Å². The fourth-order valence-electron chi connectivity index (χ4n) is 4.93. The minimum atomic E-state index is -1.12. The first kappa shape index (κ1) is 29.1. The van der Waals surface area contributed by atoms with Crippen LogP contribution in [-0.2, 0) is 25.6 Å². The molecule has 0 saturated carbocycles. The van der Waals surface area contributed by atoms with E-state index in [1.165, 1.54) is 4.90 Å². The van der Waals surface area contributed by atoms with Crippen molar-refractivity contribution in [1.29, 1.82) is 0 Å². The van der Waals surface area contributed by atoms with E-state index in [4.69, 9.17) is 11.5 Å². The maximum absolute atomic E-state index is 13.6. The van der Waals surface area contributed by atoms with E-state index in [9.17, 15) is 24.3 Å². The highest BCUT2D eigenvalue weighted by Crippen LogP contribution is 2.22. The Balaban J connectivity index is 1.70. The number of aliphatic carboxylic acids is 1. The number of amides is 3. The van der Waals surface area contributed by atoms with Crippen molar-refractivity contribution in [3.63, 3.8) is 0 Å². The van der Waals surface area contributed by atoms with Gasteiger partial charge in [0.1, 0.15) is 18.1 Å². The fraction of sp³-hybridized carbons (Fsp3) is 0.556. The maximum atomic E-state index is 13.6. The summed E-state index contributed by atoms with van der Waals surface area (Å²) in [5, 5.41) is 15.8. The summed E-state index contributed by atoms with van der Waals surface area (Å²) >= 11 is 0. The Labute approximate surface area is 222 Å². The molecule has 11 nitrogen and oxygen atoms in total. The Morgan fingerprint density at radius 2 is 1.89 bits per heavy atom. The normalized spacial score (nSPS) is 17.8. The Morgan fingerprint density at radius 1 is 1.16 bits per heavy atom. The van der Waals surface area contributed by atoms with Crippen molar-refractivity contribution < 1.29 is 24.3 Å². The number of aromatic nitrogens is 1. The smallest absolute Gasteiger partial charge is 0.326 e. The summed E-state index contributed by atoms with van der Waals surface area (Å²) in [4.78, 5) is 55.9. The number of benzene rings is 1. The van der Waals surface area contributed by atoms with Gasteiger partial charge in [-0.05, 0) is 62.6 Å². The van der Waals surface area contributed by atoms with Gasteiger partial charge in [0.2, 0.25) is 17.7 Å². The number of nitrogens with two attached hydrogens (primary N) is 2. The van der Waals surface area contributed by atoms with E-state index in [2.05, 4.69) is 15.6 Å². The average Bonchev–Trinajstić information content (AvgIpc) is 3.53. The molecule has 0 aliphatic carbocycles.